The fourth-order valence-corrected chi connectivity index (χ4v) is 0.981. The van der Waals surface area contributed by atoms with Crippen molar-refractivity contribution in [1.82, 2.24) is 0 Å². The number of carbonyl (C=O) groups excluding carboxylic acids is 1. The second kappa shape index (κ2) is 3.53. The summed E-state index contributed by atoms with van der Waals surface area (Å²) < 4.78 is 25.9. The largest absolute Gasteiger partial charge is 0.477 e. The molecule has 1 aromatic carbocycles. The molecule has 0 bridgehead atoms. The zero-order valence-electron chi connectivity index (χ0n) is 7.17. The Morgan fingerprint density at radius 2 is 1.64 bits per heavy atom. The molecule has 0 aliphatic carbocycles. The van der Waals surface area contributed by atoms with E-state index in [4.69, 9.17) is 5.11 Å². The van der Waals surface area contributed by atoms with Gasteiger partial charge in [-0.1, -0.05) is 0 Å². The Bertz CT molecular complexity index is 390. The Morgan fingerprint density at radius 3 is 1.93 bits per heavy atom. The van der Waals surface area contributed by atoms with Crippen LogP contribution in [0.1, 0.15) is 27.6 Å². The molecule has 0 heterocycles. The quantitative estimate of drug-likeness (QED) is 0.741. The summed E-state index contributed by atoms with van der Waals surface area (Å²) in [5.74, 6) is -4.72. The molecule has 14 heavy (non-hydrogen) atoms. The van der Waals surface area contributed by atoms with Crippen molar-refractivity contribution in [3.63, 3.8) is 0 Å². The standard InChI is InChI=1S/C9H6F2O3/c1-4(12)5-2-6(10)8(9(13)14)7(11)3-5/h2-3H,1H3,(H,13,14). The lowest BCUT2D eigenvalue weighted by Gasteiger charge is -2.01. The topological polar surface area (TPSA) is 54.4 Å². The summed E-state index contributed by atoms with van der Waals surface area (Å²) in [7, 11) is 0. The molecule has 0 spiro atoms. The van der Waals surface area contributed by atoms with Gasteiger partial charge in [0.05, 0.1) is 0 Å². The Balaban J connectivity index is 3.39. The minimum absolute atomic E-state index is 0.190. The zero-order valence-corrected chi connectivity index (χ0v) is 7.17. The predicted molar refractivity (Wildman–Crippen MR) is 43.3 cm³/mol. The maximum absolute atomic E-state index is 12.9. The van der Waals surface area contributed by atoms with Crippen molar-refractivity contribution in [2.24, 2.45) is 0 Å². The minimum atomic E-state index is -1.70. The third-order valence-electron chi connectivity index (χ3n) is 1.66. The third-order valence-corrected chi connectivity index (χ3v) is 1.66. The lowest BCUT2D eigenvalue weighted by molar-refractivity contribution is 0.0685. The van der Waals surface area contributed by atoms with E-state index in [-0.39, 0.29) is 5.56 Å². The summed E-state index contributed by atoms with van der Waals surface area (Å²) in [5.41, 5.74) is -1.24. The Hall–Kier alpha value is -1.78. The number of benzene rings is 1. The molecule has 0 atom stereocenters. The zero-order chi connectivity index (χ0) is 10.9. The van der Waals surface area contributed by atoms with Crippen LogP contribution < -0.4 is 0 Å². The molecule has 0 aromatic heterocycles. The third kappa shape index (κ3) is 1.76. The molecule has 0 saturated carbocycles. The first-order valence-corrected chi connectivity index (χ1v) is 3.66. The van der Waals surface area contributed by atoms with E-state index in [1.165, 1.54) is 0 Å². The number of carbonyl (C=O) groups is 2. The number of Topliss-reactive ketones (excluding diaryl/α,β-unsaturated/α-hetero) is 1. The Kier molecular flexibility index (Phi) is 2.60. The highest BCUT2D eigenvalue weighted by Crippen LogP contribution is 2.15. The molecular formula is C9H6F2O3. The highest BCUT2D eigenvalue weighted by atomic mass is 19.1. The number of hydrogen-bond acceptors (Lipinski definition) is 2. The summed E-state index contributed by atoms with van der Waals surface area (Å²) in [5, 5.41) is 8.41. The van der Waals surface area contributed by atoms with E-state index in [9.17, 15) is 18.4 Å². The molecule has 1 rings (SSSR count). The first-order valence-electron chi connectivity index (χ1n) is 3.66. The summed E-state index contributed by atoms with van der Waals surface area (Å²) in [6, 6.07) is 1.41. The van der Waals surface area contributed by atoms with Crippen molar-refractivity contribution in [3.8, 4) is 0 Å². The van der Waals surface area contributed by atoms with Crippen molar-refractivity contribution in [2.45, 2.75) is 6.92 Å². The predicted octanol–water partition coefficient (Wildman–Crippen LogP) is 1.87. The van der Waals surface area contributed by atoms with E-state index in [1.54, 1.807) is 0 Å². The lowest BCUT2D eigenvalue weighted by atomic mass is 10.1. The van der Waals surface area contributed by atoms with Gasteiger partial charge in [0.25, 0.3) is 0 Å². The summed E-state index contributed by atoms with van der Waals surface area (Å²) in [6.45, 7) is 1.13. The molecule has 0 aliphatic rings. The van der Waals surface area contributed by atoms with Crippen LogP contribution in [0.3, 0.4) is 0 Å². The van der Waals surface area contributed by atoms with Gasteiger partial charge < -0.3 is 5.11 Å². The molecule has 0 radical (unpaired) electrons. The molecule has 0 unspecified atom stereocenters. The maximum atomic E-state index is 12.9. The molecule has 0 fully saturated rings. The van der Waals surface area contributed by atoms with E-state index >= 15 is 0 Å². The number of hydrogen-bond donors (Lipinski definition) is 1. The van der Waals surface area contributed by atoms with Crippen molar-refractivity contribution in [2.75, 3.05) is 0 Å². The van der Waals surface area contributed by atoms with Crippen LogP contribution in [-0.2, 0) is 0 Å². The fraction of sp³-hybridized carbons (Fsp3) is 0.111. The van der Waals surface area contributed by atoms with Gasteiger partial charge >= 0.3 is 5.97 Å². The van der Waals surface area contributed by atoms with Gasteiger partial charge in [-0.2, -0.15) is 0 Å². The Labute approximate surface area is 78.0 Å². The maximum Gasteiger partial charge on any atom is 0.341 e. The van der Waals surface area contributed by atoms with Crippen LogP contribution in [0, 0.1) is 11.6 Å². The molecule has 74 valence electrons. The molecule has 5 heteroatoms. The van der Waals surface area contributed by atoms with Crippen LogP contribution in [-0.4, -0.2) is 16.9 Å². The van der Waals surface area contributed by atoms with E-state index < -0.39 is 29.0 Å². The first kappa shape index (κ1) is 10.3. The Morgan fingerprint density at radius 1 is 1.21 bits per heavy atom. The molecule has 1 N–H and O–H groups in total. The second-order valence-corrected chi connectivity index (χ2v) is 2.68. The van der Waals surface area contributed by atoms with Gasteiger partial charge in [-0.15, -0.1) is 0 Å². The number of aromatic carboxylic acids is 1. The number of carboxylic acids is 1. The SMILES string of the molecule is CC(=O)c1cc(F)c(C(=O)O)c(F)c1. The highest BCUT2D eigenvalue weighted by molar-refractivity contribution is 5.96. The normalized spacial score (nSPS) is 9.93. The molecule has 0 saturated heterocycles. The van der Waals surface area contributed by atoms with Crippen LogP contribution in [0.5, 0.6) is 0 Å². The number of carboxylic acid groups (broad SMARTS) is 1. The summed E-state index contributed by atoms with van der Waals surface area (Å²) in [6.07, 6.45) is 0. The van der Waals surface area contributed by atoms with Crippen LogP contribution in [0.15, 0.2) is 12.1 Å². The first-order chi connectivity index (χ1) is 6.43. The van der Waals surface area contributed by atoms with Gasteiger partial charge in [0, 0.05) is 5.56 Å². The number of halogens is 2. The van der Waals surface area contributed by atoms with Gasteiger partial charge in [-0.3, -0.25) is 4.79 Å². The second-order valence-electron chi connectivity index (χ2n) is 2.68. The number of rotatable bonds is 2. The van der Waals surface area contributed by atoms with Gasteiger partial charge in [0.2, 0.25) is 0 Å². The fourth-order valence-electron chi connectivity index (χ4n) is 0.981. The van der Waals surface area contributed by atoms with Crippen molar-refractivity contribution < 1.29 is 23.5 Å². The molecule has 0 aliphatic heterocycles. The molecule has 0 amide bonds. The average Bonchev–Trinajstić information content (AvgIpc) is 2.01. The van der Waals surface area contributed by atoms with E-state index in [2.05, 4.69) is 0 Å². The van der Waals surface area contributed by atoms with E-state index in [0.29, 0.717) is 12.1 Å². The molecule has 1 aromatic rings. The summed E-state index contributed by atoms with van der Waals surface area (Å²) >= 11 is 0. The van der Waals surface area contributed by atoms with Gasteiger partial charge in [-0.25, -0.2) is 13.6 Å². The van der Waals surface area contributed by atoms with Crippen molar-refractivity contribution >= 4 is 11.8 Å². The van der Waals surface area contributed by atoms with Gasteiger partial charge in [0.15, 0.2) is 5.78 Å². The van der Waals surface area contributed by atoms with Gasteiger partial charge in [0.1, 0.15) is 17.2 Å². The van der Waals surface area contributed by atoms with Crippen LogP contribution in [0.4, 0.5) is 8.78 Å². The minimum Gasteiger partial charge on any atom is -0.477 e. The van der Waals surface area contributed by atoms with Crippen LogP contribution in [0.25, 0.3) is 0 Å². The highest BCUT2D eigenvalue weighted by Gasteiger charge is 2.18. The van der Waals surface area contributed by atoms with Crippen molar-refractivity contribution in [3.05, 3.63) is 34.9 Å². The van der Waals surface area contributed by atoms with E-state index in [0.717, 1.165) is 6.92 Å². The average molecular weight is 200 g/mol. The van der Waals surface area contributed by atoms with Crippen molar-refractivity contribution in [1.29, 1.82) is 0 Å². The monoisotopic (exact) mass is 200 g/mol. The van der Waals surface area contributed by atoms with Gasteiger partial charge in [-0.05, 0) is 19.1 Å². The lowest BCUT2D eigenvalue weighted by Crippen LogP contribution is -2.07. The van der Waals surface area contributed by atoms with E-state index in [1.807, 2.05) is 0 Å². The molecule has 3 nitrogen and oxygen atoms in total. The smallest absolute Gasteiger partial charge is 0.341 e. The number of ketones is 1. The van der Waals surface area contributed by atoms with Crippen LogP contribution in [0.2, 0.25) is 0 Å². The summed E-state index contributed by atoms with van der Waals surface area (Å²) in [4.78, 5) is 21.1. The van der Waals surface area contributed by atoms with Crippen LogP contribution >= 0.6 is 0 Å². The molecular weight excluding hydrogens is 194 g/mol.